The zero-order valence-corrected chi connectivity index (χ0v) is 32.7. The van der Waals surface area contributed by atoms with Crippen LogP contribution in [0.3, 0.4) is 0 Å². The van der Waals surface area contributed by atoms with Crippen LogP contribution in [0, 0.1) is 17.8 Å². The third-order valence-electron chi connectivity index (χ3n) is 14.0. The summed E-state index contributed by atoms with van der Waals surface area (Å²) in [6.07, 6.45) is 8.52. The highest BCUT2D eigenvalue weighted by Crippen LogP contribution is 2.61. The van der Waals surface area contributed by atoms with Gasteiger partial charge in [-0.1, -0.05) is 133 Å². The summed E-state index contributed by atoms with van der Waals surface area (Å²) in [5.74, 6) is 2.77. The molecule has 4 aliphatic rings. The van der Waals surface area contributed by atoms with Gasteiger partial charge in [-0.25, -0.2) is 0 Å². The predicted molar refractivity (Wildman–Crippen MR) is 242 cm³/mol. The van der Waals surface area contributed by atoms with Crippen LogP contribution >= 0.6 is 0 Å². The number of hydrogen-bond donors (Lipinski definition) is 0. The van der Waals surface area contributed by atoms with Gasteiger partial charge in [0.25, 0.3) is 0 Å². The number of nitrogens with zero attached hydrogens (tertiary/aromatic N) is 1. The van der Waals surface area contributed by atoms with Gasteiger partial charge in [0.2, 0.25) is 0 Å². The maximum atomic E-state index is 6.33. The number of para-hydroxylation sites is 1. The van der Waals surface area contributed by atoms with Crippen LogP contribution in [0.25, 0.3) is 66.1 Å². The Morgan fingerprint density at radius 3 is 1.64 bits per heavy atom. The Balaban J connectivity index is 0.977. The number of furan rings is 1. The van der Waals surface area contributed by atoms with E-state index in [9.17, 15) is 0 Å². The SMILES string of the molecule is c1ccc(-c2cccc3cccc(-c4ccc(N(c5ccc(C67CC8CC(CC(C8)C6)C7)cc5)c5cccc(-c6cccc7oc8ccccc8c67)c5)cc4)c23)cc1. The first kappa shape index (κ1) is 33.7. The Bertz CT molecular complexity index is 2930. The number of fused-ring (bicyclic) bond motifs is 4. The second-order valence-electron chi connectivity index (χ2n) is 17.5. The molecule has 2 nitrogen and oxygen atoms in total. The first-order valence-corrected chi connectivity index (χ1v) is 21.2. The molecule has 0 amide bonds. The molecule has 13 rings (SSSR count). The molecule has 0 unspecified atom stereocenters. The van der Waals surface area contributed by atoms with Gasteiger partial charge in [-0.2, -0.15) is 0 Å². The summed E-state index contributed by atoms with van der Waals surface area (Å²) < 4.78 is 6.33. The van der Waals surface area contributed by atoms with E-state index in [0.29, 0.717) is 5.41 Å². The molecule has 1 aromatic heterocycles. The van der Waals surface area contributed by atoms with Gasteiger partial charge >= 0.3 is 0 Å². The minimum atomic E-state index is 0.364. The van der Waals surface area contributed by atoms with E-state index in [1.165, 1.54) is 88.4 Å². The summed E-state index contributed by atoms with van der Waals surface area (Å²) in [4.78, 5) is 2.45. The van der Waals surface area contributed by atoms with E-state index in [1.807, 2.05) is 6.07 Å². The van der Waals surface area contributed by atoms with Crippen molar-refractivity contribution < 1.29 is 4.42 Å². The van der Waals surface area contributed by atoms with Crippen LogP contribution in [0.15, 0.2) is 186 Å². The third kappa shape index (κ3) is 5.53. The molecule has 0 atom stereocenters. The molecule has 0 aliphatic heterocycles. The molecule has 9 aromatic rings. The summed E-state index contributed by atoms with van der Waals surface area (Å²) in [5.41, 5.74) is 14.5. The van der Waals surface area contributed by atoms with Gasteiger partial charge in [0.1, 0.15) is 11.2 Å². The molecule has 4 bridgehead atoms. The van der Waals surface area contributed by atoms with Crippen LogP contribution in [0.5, 0.6) is 0 Å². The van der Waals surface area contributed by atoms with Crippen molar-refractivity contribution in [1.29, 1.82) is 0 Å². The van der Waals surface area contributed by atoms with Crippen molar-refractivity contribution in [2.24, 2.45) is 17.8 Å². The molecule has 58 heavy (non-hydrogen) atoms. The fraction of sp³-hybridized carbons (Fsp3) is 0.179. The average Bonchev–Trinajstić information content (AvgIpc) is 3.66. The van der Waals surface area contributed by atoms with Crippen LogP contribution < -0.4 is 4.90 Å². The predicted octanol–water partition coefficient (Wildman–Crippen LogP) is 15.7. The molecule has 0 radical (unpaired) electrons. The van der Waals surface area contributed by atoms with Crippen molar-refractivity contribution >= 4 is 49.8 Å². The first-order valence-electron chi connectivity index (χ1n) is 21.2. The molecule has 0 N–H and O–H groups in total. The van der Waals surface area contributed by atoms with Crippen molar-refractivity contribution in [3.8, 4) is 33.4 Å². The largest absolute Gasteiger partial charge is 0.456 e. The van der Waals surface area contributed by atoms with E-state index in [1.54, 1.807) is 5.56 Å². The third-order valence-corrected chi connectivity index (χ3v) is 14.0. The first-order chi connectivity index (χ1) is 28.7. The van der Waals surface area contributed by atoms with Crippen molar-refractivity contribution in [2.75, 3.05) is 4.90 Å². The van der Waals surface area contributed by atoms with E-state index in [4.69, 9.17) is 4.42 Å². The fourth-order valence-corrected chi connectivity index (χ4v) is 11.9. The Labute approximate surface area is 340 Å². The number of rotatable bonds is 7. The van der Waals surface area contributed by atoms with Gasteiger partial charge in [0, 0.05) is 27.8 Å². The Hall–Kier alpha value is -6.38. The molecule has 4 fully saturated rings. The lowest BCUT2D eigenvalue weighted by Gasteiger charge is -2.57. The van der Waals surface area contributed by atoms with Gasteiger partial charge in [-0.15, -0.1) is 0 Å². The average molecular weight is 748 g/mol. The molecule has 8 aromatic carbocycles. The topological polar surface area (TPSA) is 16.4 Å². The normalized spacial score (nSPS) is 20.9. The van der Waals surface area contributed by atoms with E-state index in [2.05, 4.69) is 181 Å². The van der Waals surface area contributed by atoms with E-state index >= 15 is 0 Å². The quantitative estimate of drug-likeness (QED) is 0.161. The lowest BCUT2D eigenvalue weighted by Crippen LogP contribution is -2.48. The van der Waals surface area contributed by atoms with Crippen molar-refractivity contribution in [3.63, 3.8) is 0 Å². The Morgan fingerprint density at radius 2 is 0.948 bits per heavy atom. The summed E-state index contributed by atoms with van der Waals surface area (Å²) in [7, 11) is 0. The maximum Gasteiger partial charge on any atom is 0.136 e. The van der Waals surface area contributed by atoms with Gasteiger partial charge in [0.05, 0.1) is 0 Å². The van der Waals surface area contributed by atoms with Crippen LogP contribution in [0.2, 0.25) is 0 Å². The highest BCUT2D eigenvalue weighted by molar-refractivity contribution is 6.12. The van der Waals surface area contributed by atoms with Crippen LogP contribution in [-0.2, 0) is 5.41 Å². The zero-order chi connectivity index (χ0) is 38.2. The summed E-state index contributed by atoms with van der Waals surface area (Å²) >= 11 is 0. The Morgan fingerprint density at radius 1 is 0.414 bits per heavy atom. The molecule has 0 spiro atoms. The number of anilines is 3. The van der Waals surface area contributed by atoms with E-state index < -0.39 is 0 Å². The van der Waals surface area contributed by atoms with E-state index in [-0.39, 0.29) is 0 Å². The summed E-state index contributed by atoms with van der Waals surface area (Å²) in [6, 6.07) is 67.0. The second-order valence-corrected chi connectivity index (χ2v) is 17.5. The molecular formula is C56H45NO. The number of benzene rings is 8. The fourth-order valence-electron chi connectivity index (χ4n) is 11.9. The highest BCUT2D eigenvalue weighted by Gasteiger charge is 2.51. The van der Waals surface area contributed by atoms with Crippen LogP contribution in [0.1, 0.15) is 44.1 Å². The molecule has 4 aliphatic carbocycles. The zero-order valence-electron chi connectivity index (χ0n) is 32.7. The van der Waals surface area contributed by atoms with Gasteiger partial charge < -0.3 is 9.32 Å². The van der Waals surface area contributed by atoms with Crippen molar-refractivity contribution in [3.05, 3.63) is 188 Å². The van der Waals surface area contributed by atoms with Gasteiger partial charge in [0.15, 0.2) is 0 Å². The highest BCUT2D eigenvalue weighted by atomic mass is 16.3. The van der Waals surface area contributed by atoms with Crippen LogP contribution in [-0.4, -0.2) is 0 Å². The lowest BCUT2D eigenvalue weighted by atomic mass is 9.48. The number of hydrogen-bond acceptors (Lipinski definition) is 2. The Kier molecular flexibility index (Phi) is 7.76. The smallest absolute Gasteiger partial charge is 0.136 e. The lowest BCUT2D eigenvalue weighted by molar-refractivity contribution is -0.00518. The molecule has 280 valence electrons. The van der Waals surface area contributed by atoms with Crippen molar-refractivity contribution in [2.45, 2.75) is 43.9 Å². The molecular weight excluding hydrogens is 703 g/mol. The summed E-state index contributed by atoms with van der Waals surface area (Å²) in [6.45, 7) is 0. The van der Waals surface area contributed by atoms with Crippen LogP contribution in [0.4, 0.5) is 17.1 Å². The molecule has 1 heterocycles. The molecule has 0 saturated heterocycles. The van der Waals surface area contributed by atoms with Crippen molar-refractivity contribution in [1.82, 2.24) is 0 Å². The van der Waals surface area contributed by atoms with Gasteiger partial charge in [-0.3, -0.25) is 0 Å². The summed E-state index contributed by atoms with van der Waals surface area (Å²) in [5, 5.41) is 4.85. The molecule has 4 saturated carbocycles. The second kappa shape index (κ2) is 13.4. The van der Waals surface area contributed by atoms with E-state index in [0.717, 1.165) is 51.1 Å². The maximum absolute atomic E-state index is 6.33. The monoisotopic (exact) mass is 747 g/mol. The minimum Gasteiger partial charge on any atom is -0.456 e. The molecule has 2 heteroatoms. The minimum absolute atomic E-state index is 0.364. The standard InChI is InChI=1S/C56H45NO/c1-2-10-40(11-3-1)48-17-7-12-42-13-8-18-49(54(42)48)41-22-26-45(27-23-41)57(46-28-24-44(25-29-46)56-34-37-30-38(35-56)32-39(31-37)36-56)47-15-6-14-43(33-47)50-19-9-21-53-55(50)51-16-4-5-20-52(51)58-53/h1-29,33,37-39H,30-32,34-36H2. The van der Waals surface area contributed by atoms with Gasteiger partial charge in [-0.05, 0) is 160 Å².